The Labute approximate surface area is 178 Å². The molecule has 1 aliphatic rings. The van der Waals surface area contributed by atoms with Crippen LogP contribution in [0.2, 0.25) is 10.0 Å². The summed E-state index contributed by atoms with van der Waals surface area (Å²) >= 11 is 12.4. The summed E-state index contributed by atoms with van der Waals surface area (Å²) in [6.07, 6.45) is 5.00. The molecule has 0 amide bonds. The third-order valence-electron chi connectivity index (χ3n) is 5.39. The standard InChI is InChI=1S/C23H20Cl2N2O2/c24-17-10-11-18(20(25)13-17)15-6-8-16(9-7-15)21-19(22(28)27-23(29)26-21)12-14-4-2-1-3-5-14/h1-6,10-11,13,16H,7-9,12H2,(H2,26,27,28,29). The minimum Gasteiger partial charge on any atom is -0.311 e. The highest BCUT2D eigenvalue weighted by Crippen LogP contribution is 2.38. The molecule has 1 atom stereocenters. The average molecular weight is 427 g/mol. The fraction of sp³-hybridized carbons (Fsp3) is 0.217. The van der Waals surface area contributed by atoms with E-state index in [2.05, 4.69) is 16.0 Å². The summed E-state index contributed by atoms with van der Waals surface area (Å²) in [5, 5.41) is 1.25. The number of rotatable bonds is 4. The normalized spacial score (nSPS) is 16.5. The van der Waals surface area contributed by atoms with E-state index in [0.29, 0.717) is 22.0 Å². The Morgan fingerprint density at radius 1 is 1.00 bits per heavy atom. The maximum absolute atomic E-state index is 12.5. The molecule has 0 radical (unpaired) electrons. The molecular formula is C23H20Cl2N2O2. The number of halogens is 2. The van der Waals surface area contributed by atoms with Gasteiger partial charge in [0.05, 0.1) is 0 Å². The number of hydrogen-bond donors (Lipinski definition) is 2. The number of hydrogen-bond acceptors (Lipinski definition) is 2. The SMILES string of the molecule is O=c1[nH]c(C2CC=C(c3ccc(Cl)cc3Cl)CC2)c(Cc2ccccc2)c(=O)[nH]1. The first-order chi connectivity index (χ1) is 14.0. The van der Waals surface area contributed by atoms with Gasteiger partial charge in [0, 0.05) is 33.6 Å². The summed E-state index contributed by atoms with van der Waals surface area (Å²) in [6, 6.07) is 15.3. The highest BCUT2D eigenvalue weighted by Gasteiger charge is 2.23. The second kappa shape index (κ2) is 8.44. The van der Waals surface area contributed by atoms with E-state index in [1.165, 1.54) is 5.57 Å². The molecule has 0 saturated heterocycles. The van der Waals surface area contributed by atoms with Crippen molar-refractivity contribution in [1.82, 2.24) is 9.97 Å². The van der Waals surface area contributed by atoms with E-state index in [0.717, 1.165) is 36.1 Å². The number of benzene rings is 2. The molecule has 0 fully saturated rings. The van der Waals surface area contributed by atoms with Gasteiger partial charge >= 0.3 is 5.69 Å². The van der Waals surface area contributed by atoms with Crippen molar-refractivity contribution in [3.63, 3.8) is 0 Å². The summed E-state index contributed by atoms with van der Waals surface area (Å²) < 4.78 is 0. The second-order valence-electron chi connectivity index (χ2n) is 7.29. The van der Waals surface area contributed by atoms with Gasteiger partial charge in [-0.25, -0.2) is 4.79 Å². The van der Waals surface area contributed by atoms with Crippen LogP contribution in [0, 0.1) is 0 Å². The molecule has 0 aliphatic heterocycles. The number of nitrogens with one attached hydrogen (secondary N) is 2. The van der Waals surface area contributed by atoms with Gasteiger partial charge in [-0.05, 0) is 48.1 Å². The van der Waals surface area contributed by atoms with Gasteiger partial charge < -0.3 is 4.98 Å². The summed E-state index contributed by atoms with van der Waals surface area (Å²) in [5.41, 5.74) is 3.77. The fourth-order valence-electron chi connectivity index (χ4n) is 3.94. The highest BCUT2D eigenvalue weighted by atomic mass is 35.5. The molecule has 29 heavy (non-hydrogen) atoms. The van der Waals surface area contributed by atoms with Gasteiger partial charge in [0.25, 0.3) is 5.56 Å². The van der Waals surface area contributed by atoms with Gasteiger partial charge in [-0.2, -0.15) is 0 Å². The molecule has 2 aromatic carbocycles. The topological polar surface area (TPSA) is 65.7 Å². The monoisotopic (exact) mass is 426 g/mol. The van der Waals surface area contributed by atoms with Gasteiger partial charge in [0.2, 0.25) is 0 Å². The lowest BCUT2D eigenvalue weighted by Crippen LogP contribution is -2.30. The van der Waals surface area contributed by atoms with Crippen LogP contribution in [0.1, 0.15) is 47.6 Å². The minimum atomic E-state index is -0.461. The lowest BCUT2D eigenvalue weighted by Gasteiger charge is -2.24. The number of allylic oxidation sites excluding steroid dienone is 2. The zero-order valence-electron chi connectivity index (χ0n) is 15.7. The molecule has 6 heteroatoms. The van der Waals surface area contributed by atoms with Crippen LogP contribution in [0.4, 0.5) is 0 Å². The molecular weight excluding hydrogens is 407 g/mol. The Morgan fingerprint density at radius 3 is 2.48 bits per heavy atom. The molecule has 1 aromatic heterocycles. The Hall–Kier alpha value is -2.56. The van der Waals surface area contributed by atoms with Crippen molar-refractivity contribution in [3.05, 3.63) is 108 Å². The molecule has 2 N–H and O–H groups in total. The zero-order chi connectivity index (χ0) is 20.4. The van der Waals surface area contributed by atoms with E-state index in [1.807, 2.05) is 42.5 Å². The van der Waals surface area contributed by atoms with Gasteiger partial charge in [-0.1, -0.05) is 65.7 Å². The van der Waals surface area contributed by atoms with Crippen LogP contribution in [0.15, 0.2) is 64.2 Å². The van der Waals surface area contributed by atoms with Crippen LogP contribution in [0.5, 0.6) is 0 Å². The summed E-state index contributed by atoms with van der Waals surface area (Å²) in [4.78, 5) is 29.8. The van der Waals surface area contributed by atoms with E-state index < -0.39 is 5.69 Å². The molecule has 148 valence electrons. The van der Waals surface area contributed by atoms with E-state index in [4.69, 9.17) is 23.2 Å². The van der Waals surface area contributed by atoms with Crippen LogP contribution in [0.3, 0.4) is 0 Å². The van der Waals surface area contributed by atoms with E-state index in [-0.39, 0.29) is 11.5 Å². The van der Waals surface area contributed by atoms with E-state index in [9.17, 15) is 9.59 Å². The molecule has 3 aromatic rings. The van der Waals surface area contributed by atoms with E-state index in [1.54, 1.807) is 6.07 Å². The minimum absolute atomic E-state index is 0.0820. The summed E-state index contributed by atoms with van der Waals surface area (Å²) in [5.74, 6) is 0.0820. The van der Waals surface area contributed by atoms with Crippen molar-refractivity contribution in [2.24, 2.45) is 0 Å². The Kier molecular flexibility index (Phi) is 5.74. The largest absolute Gasteiger partial charge is 0.325 e. The molecule has 4 rings (SSSR count). The van der Waals surface area contributed by atoms with Crippen LogP contribution >= 0.6 is 23.2 Å². The molecule has 0 saturated carbocycles. The predicted octanol–water partition coefficient (Wildman–Crippen LogP) is 5.31. The third-order valence-corrected chi connectivity index (χ3v) is 5.94. The first-order valence-electron chi connectivity index (χ1n) is 9.55. The van der Waals surface area contributed by atoms with Crippen molar-refractivity contribution in [2.45, 2.75) is 31.6 Å². The zero-order valence-corrected chi connectivity index (χ0v) is 17.2. The lowest BCUT2D eigenvalue weighted by molar-refractivity contribution is 0.596. The molecule has 1 unspecified atom stereocenters. The van der Waals surface area contributed by atoms with Crippen molar-refractivity contribution in [3.8, 4) is 0 Å². The van der Waals surface area contributed by atoms with Crippen molar-refractivity contribution in [1.29, 1.82) is 0 Å². The number of H-pyrrole nitrogens is 2. The lowest BCUT2D eigenvalue weighted by atomic mass is 9.83. The van der Waals surface area contributed by atoms with Crippen LogP contribution in [0.25, 0.3) is 5.57 Å². The Bertz CT molecular complexity index is 1180. The number of aromatic nitrogens is 2. The Balaban J connectivity index is 1.65. The summed E-state index contributed by atoms with van der Waals surface area (Å²) in [6.45, 7) is 0. The predicted molar refractivity (Wildman–Crippen MR) is 118 cm³/mol. The second-order valence-corrected chi connectivity index (χ2v) is 8.13. The summed E-state index contributed by atoms with van der Waals surface area (Å²) in [7, 11) is 0. The molecule has 0 spiro atoms. The van der Waals surface area contributed by atoms with Crippen LogP contribution in [-0.2, 0) is 6.42 Å². The van der Waals surface area contributed by atoms with Gasteiger partial charge in [-0.3, -0.25) is 9.78 Å². The van der Waals surface area contributed by atoms with Crippen molar-refractivity contribution >= 4 is 28.8 Å². The first-order valence-corrected chi connectivity index (χ1v) is 10.3. The van der Waals surface area contributed by atoms with Crippen molar-refractivity contribution < 1.29 is 0 Å². The number of aromatic amines is 2. The maximum atomic E-state index is 12.5. The molecule has 1 aliphatic carbocycles. The van der Waals surface area contributed by atoms with Crippen molar-refractivity contribution in [2.75, 3.05) is 0 Å². The smallest absolute Gasteiger partial charge is 0.311 e. The van der Waals surface area contributed by atoms with Gasteiger partial charge in [-0.15, -0.1) is 0 Å². The van der Waals surface area contributed by atoms with Crippen LogP contribution in [-0.4, -0.2) is 9.97 Å². The maximum Gasteiger partial charge on any atom is 0.325 e. The van der Waals surface area contributed by atoms with E-state index >= 15 is 0 Å². The average Bonchev–Trinajstić information content (AvgIpc) is 2.71. The molecule has 4 nitrogen and oxygen atoms in total. The quantitative estimate of drug-likeness (QED) is 0.593. The third kappa shape index (κ3) is 4.39. The molecule has 0 bridgehead atoms. The Morgan fingerprint density at radius 2 is 1.79 bits per heavy atom. The highest BCUT2D eigenvalue weighted by molar-refractivity contribution is 6.35. The van der Waals surface area contributed by atoms with Gasteiger partial charge in [0.1, 0.15) is 0 Å². The fourth-order valence-corrected chi connectivity index (χ4v) is 4.47. The first kappa shape index (κ1) is 19.7. The van der Waals surface area contributed by atoms with Crippen LogP contribution < -0.4 is 11.2 Å². The molecule has 1 heterocycles. The van der Waals surface area contributed by atoms with Gasteiger partial charge in [0.15, 0.2) is 0 Å².